The van der Waals surface area contributed by atoms with Crippen LogP contribution in [0.3, 0.4) is 0 Å². The fourth-order valence-corrected chi connectivity index (χ4v) is 5.64. The Labute approximate surface area is 236 Å². The number of hydrazone groups is 1. The average Bonchev–Trinajstić information content (AvgIpc) is 3.56. The first-order chi connectivity index (χ1) is 19.6. The maximum absolute atomic E-state index is 12.7. The number of aryl methyl sites for hydroxylation is 2. The monoisotopic (exact) mass is 544 g/mol. The number of benzene rings is 4. The maximum Gasteiger partial charge on any atom is 0.250 e. The SMILES string of the molecule is CCn1c2ccccc2c2cc(/C=N\NC(=O)CSc3nnc(-c4ccccc4)n3-c3ccc(C)cc3)ccc21. The Bertz CT molecular complexity index is 1840. The summed E-state index contributed by atoms with van der Waals surface area (Å²) in [4.78, 5) is 12.7. The Balaban J connectivity index is 1.17. The van der Waals surface area contributed by atoms with Gasteiger partial charge in [-0.2, -0.15) is 5.10 Å². The number of amides is 1. The van der Waals surface area contributed by atoms with Gasteiger partial charge >= 0.3 is 0 Å². The van der Waals surface area contributed by atoms with Crippen molar-refractivity contribution >= 4 is 45.7 Å². The van der Waals surface area contributed by atoms with Gasteiger partial charge in [0.15, 0.2) is 11.0 Å². The molecule has 0 radical (unpaired) electrons. The first-order valence-corrected chi connectivity index (χ1v) is 14.1. The predicted molar refractivity (Wildman–Crippen MR) is 163 cm³/mol. The zero-order valence-electron chi connectivity index (χ0n) is 22.3. The Hall–Kier alpha value is -4.69. The minimum atomic E-state index is -0.218. The average molecular weight is 545 g/mol. The van der Waals surface area contributed by atoms with Crippen molar-refractivity contribution in [3.05, 3.63) is 108 Å². The lowest BCUT2D eigenvalue weighted by molar-refractivity contribution is -0.118. The summed E-state index contributed by atoms with van der Waals surface area (Å²) in [5, 5.41) is 16.1. The summed E-state index contributed by atoms with van der Waals surface area (Å²) in [5.41, 5.74) is 9.04. The van der Waals surface area contributed by atoms with E-state index in [2.05, 4.69) is 87.7 Å². The predicted octanol–water partition coefficient (Wildman–Crippen LogP) is 6.61. The second kappa shape index (κ2) is 11.2. The summed E-state index contributed by atoms with van der Waals surface area (Å²) in [5.74, 6) is 0.661. The number of nitrogens with zero attached hydrogens (tertiary/aromatic N) is 5. The van der Waals surface area contributed by atoms with Crippen molar-refractivity contribution in [2.24, 2.45) is 5.10 Å². The molecule has 7 nitrogen and oxygen atoms in total. The van der Waals surface area contributed by atoms with Crippen LogP contribution in [0.15, 0.2) is 107 Å². The molecule has 198 valence electrons. The van der Waals surface area contributed by atoms with Crippen LogP contribution in [-0.4, -0.2) is 37.2 Å². The summed E-state index contributed by atoms with van der Waals surface area (Å²) in [6.07, 6.45) is 1.68. The Morgan fingerprint density at radius 1 is 0.900 bits per heavy atom. The van der Waals surface area contributed by atoms with Crippen LogP contribution in [-0.2, 0) is 11.3 Å². The van der Waals surface area contributed by atoms with E-state index in [9.17, 15) is 4.79 Å². The smallest absolute Gasteiger partial charge is 0.250 e. The van der Waals surface area contributed by atoms with E-state index in [0.717, 1.165) is 29.2 Å². The number of carbonyl (C=O) groups excluding carboxylic acids is 1. The molecule has 0 aliphatic rings. The first-order valence-electron chi connectivity index (χ1n) is 13.2. The van der Waals surface area contributed by atoms with Gasteiger partial charge < -0.3 is 4.57 Å². The molecule has 0 spiro atoms. The molecule has 2 heterocycles. The lowest BCUT2D eigenvalue weighted by Crippen LogP contribution is -2.20. The van der Waals surface area contributed by atoms with E-state index in [0.29, 0.717) is 5.16 Å². The van der Waals surface area contributed by atoms with E-state index in [-0.39, 0.29) is 11.7 Å². The topological polar surface area (TPSA) is 77.1 Å². The summed E-state index contributed by atoms with van der Waals surface area (Å²) in [6, 6.07) is 32.8. The molecule has 6 aromatic rings. The van der Waals surface area contributed by atoms with Gasteiger partial charge in [0.25, 0.3) is 5.91 Å². The van der Waals surface area contributed by atoms with E-state index >= 15 is 0 Å². The van der Waals surface area contributed by atoms with Crippen LogP contribution in [0.1, 0.15) is 18.1 Å². The molecule has 4 aromatic carbocycles. The Morgan fingerprint density at radius 3 is 2.45 bits per heavy atom. The summed E-state index contributed by atoms with van der Waals surface area (Å²) in [6.45, 7) is 5.10. The second-order valence-electron chi connectivity index (χ2n) is 9.46. The lowest BCUT2D eigenvalue weighted by Gasteiger charge is -2.10. The minimum Gasteiger partial charge on any atom is -0.341 e. The van der Waals surface area contributed by atoms with Crippen molar-refractivity contribution in [1.82, 2.24) is 24.8 Å². The maximum atomic E-state index is 12.7. The van der Waals surface area contributed by atoms with Crippen molar-refractivity contribution in [2.45, 2.75) is 25.5 Å². The molecule has 0 saturated heterocycles. The normalized spacial score (nSPS) is 11.6. The van der Waals surface area contributed by atoms with Gasteiger partial charge in [-0.1, -0.05) is 84.1 Å². The number of nitrogens with one attached hydrogen (secondary N) is 1. The van der Waals surface area contributed by atoms with Crippen LogP contribution in [0.2, 0.25) is 0 Å². The molecule has 1 amide bonds. The molecule has 2 aromatic heterocycles. The number of hydrogen-bond acceptors (Lipinski definition) is 5. The van der Waals surface area contributed by atoms with Crippen LogP contribution in [0, 0.1) is 6.92 Å². The molecule has 0 atom stereocenters. The van der Waals surface area contributed by atoms with E-state index < -0.39 is 0 Å². The van der Waals surface area contributed by atoms with Crippen LogP contribution >= 0.6 is 11.8 Å². The number of hydrogen-bond donors (Lipinski definition) is 1. The van der Waals surface area contributed by atoms with Crippen molar-refractivity contribution in [2.75, 3.05) is 5.75 Å². The molecular formula is C32H28N6OS. The van der Waals surface area contributed by atoms with Crippen LogP contribution < -0.4 is 5.43 Å². The largest absolute Gasteiger partial charge is 0.341 e. The zero-order chi connectivity index (χ0) is 27.5. The molecule has 8 heteroatoms. The molecule has 0 bridgehead atoms. The Kier molecular flexibility index (Phi) is 7.16. The molecular weight excluding hydrogens is 516 g/mol. The molecule has 0 unspecified atom stereocenters. The van der Waals surface area contributed by atoms with Gasteiger partial charge in [-0.15, -0.1) is 10.2 Å². The highest BCUT2D eigenvalue weighted by Gasteiger charge is 2.17. The highest BCUT2D eigenvalue weighted by molar-refractivity contribution is 7.99. The number of fused-ring (bicyclic) bond motifs is 3. The fraction of sp³-hybridized carbons (Fsp3) is 0.125. The summed E-state index contributed by atoms with van der Waals surface area (Å²) >= 11 is 1.33. The number of carbonyl (C=O) groups is 1. The second-order valence-corrected chi connectivity index (χ2v) is 10.4. The van der Waals surface area contributed by atoms with Gasteiger partial charge in [0.2, 0.25) is 0 Å². The van der Waals surface area contributed by atoms with Gasteiger partial charge in [-0.05, 0) is 49.7 Å². The van der Waals surface area contributed by atoms with E-state index in [1.165, 1.54) is 39.1 Å². The lowest BCUT2D eigenvalue weighted by atomic mass is 10.1. The highest BCUT2D eigenvalue weighted by atomic mass is 32.2. The van der Waals surface area contributed by atoms with Crippen LogP contribution in [0.4, 0.5) is 0 Å². The summed E-state index contributed by atoms with van der Waals surface area (Å²) in [7, 11) is 0. The third-order valence-corrected chi connectivity index (χ3v) is 7.73. The van der Waals surface area contributed by atoms with Gasteiger partial charge in [0.1, 0.15) is 0 Å². The number of para-hydroxylation sites is 1. The third-order valence-electron chi connectivity index (χ3n) is 6.81. The van der Waals surface area contributed by atoms with Crippen molar-refractivity contribution in [3.63, 3.8) is 0 Å². The van der Waals surface area contributed by atoms with Crippen molar-refractivity contribution in [1.29, 1.82) is 0 Å². The first kappa shape index (κ1) is 25.6. The Morgan fingerprint density at radius 2 is 1.65 bits per heavy atom. The molecule has 0 saturated carbocycles. The standard InChI is InChI=1S/C32H28N6OS/c1-3-37-28-12-8-7-11-26(28)27-19-23(15-18-29(27)37)20-33-34-30(39)21-40-32-36-35-31(24-9-5-4-6-10-24)38(32)25-16-13-22(2)14-17-25/h4-20H,3,21H2,1-2H3,(H,34,39)/b33-20-. The van der Waals surface area contributed by atoms with Crippen LogP contribution in [0.25, 0.3) is 38.9 Å². The fourth-order valence-electron chi connectivity index (χ4n) is 4.90. The summed E-state index contributed by atoms with van der Waals surface area (Å²) < 4.78 is 4.29. The van der Waals surface area contributed by atoms with Crippen molar-refractivity contribution in [3.8, 4) is 17.1 Å². The molecule has 6 rings (SSSR count). The molecule has 0 fully saturated rings. The van der Waals surface area contributed by atoms with Gasteiger partial charge in [0, 0.05) is 39.6 Å². The van der Waals surface area contributed by atoms with E-state index in [1.54, 1.807) is 6.21 Å². The van der Waals surface area contributed by atoms with Gasteiger partial charge in [0.05, 0.1) is 12.0 Å². The van der Waals surface area contributed by atoms with Gasteiger partial charge in [-0.25, -0.2) is 5.43 Å². The molecule has 40 heavy (non-hydrogen) atoms. The van der Waals surface area contributed by atoms with Gasteiger partial charge in [-0.3, -0.25) is 9.36 Å². The number of aromatic nitrogens is 4. The van der Waals surface area contributed by atoms with Crippen LogP contribution in [0.5, 0.6) is 0 Å². The zero-order valence-corrected chi connectivity index (χ0v) is 23.1. The van der Waals surface area contributed by atoms with E-state index in [4.69, 9.17) is 0 Å². The number of thioether (sulfide) groups is 1. The molecule has 0 aliphatic heterocycles. The highest BCUT2D eigenvalue weighted by Crippen LogP contribution is 2.30. The molecule has 1 N–H and O–H groups in total. The van der Waals surface area contributed by atoms with Crippen molar-refractivity contribution < 1.29 is 4.79 Å². The third kappa shape index (κ3) is 5.01. The minimum absolute atomic E-state index is 0.152. The quantitative estimate of drug-likeness (QED) is 0.133. The van der Waals surface area contributed by atoms with E-state index in [1.807, 2.05) is 53.1 Å². The number of rotatable bonds is 8. The molecule has 0 aliphatic carbocycles.